The van der Waals surface area contributed by atoms with E-state index in [2.05, 4.69) is 53.4 Å². The van der Waals surface area contributed by atoms with Crippen LogP contribution in [0.4, 0.5) is 0 Å². The Bertz CT molecular complexity index is 1170. The Balaban J connectivity index is 1.28. The normalized spacial score (nSPS) is 15.9. The first-order valence-corrected chi connectivity index (χ1v) is 13.2. The minimum absolute atomic E-state index is 0.0310. The summed E-state index contributed by atoms with van der Waals surface area (Å²) < 4.78 is 11.8. The van der Waals surface area contributed by atoms with E-state index in [1.807, 2.05) is 30.3 Å². The molecule has 6 heteroatoms. The molecule has 192 valence electrons. The van der Waals surface area contributed by atoms with Crippen LogP contribution in [0.2, 0.25) is 0 Å². The van der Waals surface area contributed by atoms with E-state index in [0.29, 0.717) is 13.0 Å². The average molecular weight is 498 g/mol. The van der Waals surface area contributed by atoms with Gasteiger partial charge in [-0.1, -0.05) is 60.7 Å². The van der Waals surface area contributed by atoms with Gasteiger partial charge < -0.3 is 9.47 Å². The van der Waals surface area contributed by atoms with Crippen molar-refractivity contribution in [3.8, 4) is 11.5 Å². The Kier molecular flexibility index (Phi) is 8.16. The molecule has 1 fully saturated rings. The van der Waals surface area contributed by atoms with Crippen molar-refractivity contribution in [2.45, 2.75) is 51.3 Å². The number of amides is 1. The molecule has 1 heterocycles. The number of hydrogen-bond acceptors (Lipinski definition) is 5. The number of benzene rings is 3. The number of carbonyl (C=O) groups excluding carboxylic acids is 1. The first-order chi connectivity index (χ1) is 18.2. The Hall–Kier alpha value is -3.64. The fraction of sp³-hybridized carbons (Fsp3) is 0.355. The summed E-state index contributed by atoms with van der Waals surface area (Å²) in [5.74, 6) is 1.48. The molecule has 1 amide bonds. The zero-order chi connectivity index (χ0) is 25.5. The van der Waals surface area contributed by atoms with Crippen LogP contribution in [0, 0.1) is 0 Å². The van der Waals surface area contributed by atoms with Gasteiger partial charge in [-0.05, 0) is 55.0 Å². The maximum absolute atomic E-state index is 12.9. The van der Waals surface area contributed by atoms with Crippen LogP contribution in [0.5, 0.6) is 11.5 Å². The first kappa shape index (κ1) is 25.0. The van der Waals surface area contributed by atoms with Crippen molar-refractivity contribution < 1.29 is 14.3 Å². The molecule has 0 N–H and O–H groups in total. The molecule has 1 aliphatic carbocycles. The highest BCUT2D eigenvalue weighted by molar-refractivity contribution is 6.13. The second-order valence-electron chi connectivity index (χ2n) is 9.81. The summed E-state index contributed by atoms with van der Waals surface area (Å²) in [6.07, 6.45) is 5.08. The van der Waals surface area contributed by atoms with Crippen molar-refractivity contribution in [1.29, 1.82) is 0 Å². The Morgan fingerprint density at radius 3 is 2.16 bits per heavy atom. The molecular formula is C31H35N3O3. The molecule has 0 unspecified atom stereocenters. The van der Waals surface area contributed by atoms with E-state index in [1.54, 1.807) is 12.1 Å². The second kappa shape index (κ2) is 12.1. The number of methoxy groups -OCH3 is 1. The highest BCUT2D eigenvalue weighted by Gasteiger charge is 2.26. The molecule has 0 saturated heterocycles. The van der Waals surface area contributed by atoms with Crippen LogP contribution in [-0.4, -0.2) is 47.8 Å². The van der Waals surface area contributed by atoms with Crippen LogP contribution < -0.4 is 9.47 Å². The summed E-state index contributed by atoms with van der Waals surface area (Å²) in [5.41, 5.74) is 4.20. The molecule has 0 spiro atoms. The number of ether oxygens (including phenoxy) is 2. The Morgan fingerprint density at radius 2 is 1.54 bits per heavy atom. The van der Waals surface area contributed by atoms with Crippen molar-refractivity contribution in [3.05, 3.63) is 95.6 Å². The van der Waals surface area contributed by atoms with Gasteiger partial charge in [-0.3, -0.25) is 9.69 Å². The second-order valence-corrected chi connectivity index (χ2v) is 9.81. The minimum Gasteiger partial charge on any atom is -0.493 e. The van der Waals surface area contributed by atoms with Crippen molar-refractivity contribution in [2.75, 3.05) is 20.2 Å². The van der Waals surface area contributed by atoms with Gasteiger partial charge in [0.2, 0.25) is 5.91 Å². The molecule has 37 heavy (non-hydrogen) atoms. The Labute approximate surface area is 219 Å². The van der Waals surface area contributed by atoms with E-state index in [9.17, 15) is 4.79 Å². The van der Waals surface area contributed by atoms with Crippen LogP contribution in [0.25, 0.3) is 0 Å². The molecule has 0 radical (unpaired) electrons. The molecule has 5 rings (SSSR count). The van der Waals surface area contributed by atoms with Crippen LogP contribution in [0.15, 0.2) is 84.0 Å². The first-order valence-electron chi connectivity index (χ1n) is 13.2. The SMILES string of the molecule is COc1ccc(C2=NN(CCN(Cc3ccccc3)Cc3ccccc3)C(=O)C2)cc1OC1CCCC1. The Morgan fingerprint density at radius 1 is 0.892 bits per heavy atom. The predicted molar refractivity (Wildman–Crippen MR) is 146 cm³/mol. The lowest BCUT2D eigenvalue weighted by atomic mass is 10.1. The van der Waals surface area contributed by atoms with Crippen molar-refractivity contribution in [3.63, 3.8) is 0 Å². The quantitative estimate of drug-likeness (QED) is 0.343. The van der Waals surface area contributed by atoms with Gasteiger partial charge in [0.15, 0.2) is 11.5 Å². The lowest BCUT2D eigenvalue weighted by Gasteiger charge is -2.24. The van der Waals surface area contributed by atoms with Gasteiger partial charge in [-0.15, -0.1) is 0 Å². The summed E-state index contributed by atoms with van der Waals surface area (Å²) in [6, 6.07) is 26.8. The summed E-state index contributed by atoms with van der Waals surface area (Å²) in [6.45, 7) is 2.90. The standard InChI is InChI=1S/C31H35N3O3/c1-36-29-17-16-26(20-30(29)37-27-14-8-9-15-27)28-21-31(35)34(32-28)19-18-33(22-24-10-4-2-5-11-24)23-25-12-6-3-7-13-25/h2-7,10-13,16-17,20,27H,8-9,14-15,18-19,21-23H2,1H3. The lowest BCUT2D eigenvalue weighted by molar-refractivity contribution is -0.128. The molecule has 2 aliphatic rings. The highest BCUT2D eigenvalue weighted by atomic mass is 16.5. The number of hydrogen-bond donors (Lipinski definition) is 0. The van der Waals surface area contributed by atoms with E-state index in [0.717, 1.165) is 55.3 Å². The zero-order valence-corrected chi connectivity index (χ0v) is 21.5. The van der Waals surface area contributed by atoms with E-state index < -0.39 is 0 Å². The van der Waals surface area contributed by atoms with Crippen LogP contribution in [0.1, 0.15) is 48.8 Å². The van der Waals surface area contributed by atoms with Gasteiger partial charge in [0.1, 0.15) is 0 Å². The fourth-order valence-corrected chi connectivity index (χ4v) is 5.07. The van der Waals surface area contributed by atoms with E-state index in [-0.39, 0.29) is 12.0 Å². The van der Waals surface area contributed by atoms with E-state index in [4.69, 9.17) is 14.6 Å². The fourth-order valence-electron chi connectivity index (χ4n) is 5.07. The van der Waals surface area contributed by atoms with E-state index >= 15 is 0 Å². The summed E-state index contributed by atoms with van der Waals surface area (Å²) in [7, 11) is 1.66. The summed E-state index contributed by atoms with van der Waals surface area (Å²) in [4.78, 5) is 15.3. The van der Waals surface area contributed by atoms with Crippen molar-refractivity contribution in [1.82, 2.24) is 9.91 Å². The molecule has 1 saturated carbocycles. The van der Waals surface area contributed by atoms with Gasteiger partial charge in [0.05, 0.1) is 31.9 Å². The minimum atomic E-state index is 0.0310. The van der Waals surface area contributed by atoms with Gasteiger partial charge in [-0.2, -0.15) is 5.10 Å². The third-order valence-corrected chi connectivity index (χ3v) is 7.07. The molecular weight excluding hydrogens is 462 g/mol. The third kappa shape index (κ3) is 6.57. The molecule has 1 aliphatic heterocycles. The zero-order valence-electron chi connectivity index (χ0n) is 21.5. The predicted octanol–water partition coefficient (Wildman–Crippen LogP) is 5.66. The number of rotatable bonds is 11. The molecule has 0 atom stereocenters. The largest absolute Gasteiger partial charge is 0.493 e. The monoisotopic (exact) mass is 497 g/mol. The smallest absolute Gasteiger partial charge is 0.248 e. The van der Waals surface area contributed by atoms with Crippen molar-refractivity contribution >= 4 is 11.6 Å². The maximum atomic E-state index is 12.9. The van der Waals surface area contributed by atoms with Crippen LogP contribution in [0.3, 0.4) is 0 Å². The molecule has 0 aromatic heterocycles. The highest BCUT2D eigenvalue weighted by Crippen LogP contribution is 2.33. The molecule has 3 aromatic rings. The van der Waals surface area contributed by atoms with Crippen LogP contribution in [-0.2, 0) is 17.9 Å². The maximum Gasteiger partial charge on any atom is 0.248 e. The molecule has 6 nitrogen and oxygen atoms in total. The molecule has 0 bridgehead atoms. The lowest BCUT2D eigenvalue weighted by Crippen LogP contribution is -2.33. The van der Waals surface area contributed by atoms with Crippen molar-refractivity contribution in [2.24, 2.45) is 5.10 Å². The molecule has 3 aromatic carbocycles. The number of carbonyl (C=O) groups is 1. The number of nitrogens with zero attached hydrogens (tertiary/aromatic N) is 3. The summed E-state index contributed by atoms with van der Waals surface area (Å²) in [5, 5.41) is 6.36. The average Bonchev–Trinajstić information content (AvgIpc) is 3.58. The van der Waals surface area contributed by atoms with Crippen LogP contribution >= 0.6 is 0 Å². The van der Waals surface area contributed by atoms with Gasteiger partial charge in [0.25, 0.3) is 0 Å². The van der Waals surface area contributed by atoms with E-state index in [1.165, 1.54) is 24.0 Å². The van der Waals surface area contributed by atoms with Gasteiger partial charge >= 0.3 is 0 Å². The summed E-state index contributed by atoms with van der Waals surface area (Å²) >= 11 is 0. The van der Waals surface area contributed by atoms with Gasteiger partial charge in [-0.25, -0.2) is 5.01 Å². The third-order valence-electron chi connectivity index (χ3n) is 7.07. The van der Waals surface area contributed by atoms with Gasteiger partial charge in [0, 0.05) is 25.2 Å². The number of hydrazone groups is 1. The topological polar surface area (TPSA) is 54.4 Å².